The van der Waals surface area contributed by atoms with Gasteiger partial charge >= 0.3 is 0 Å². The Morgan fingerprint density at radius 3 is 2.79 bits per heavy atom. The Kier molecular flexibility index (Phi) is 4.09. The zero-order valence-electron chi connectivity index (χ0n) is 10.7. The molecule has 0 bridgehead atoms. The fraction of sp³-hybridized carbons (Fsp3) is 0.385. The molecule has 0 saturated carbocycles. The molecule has 1 aromatic carbocycles. The first-order valence-corrected chi connectivity index (χ1v) is 5.94. The molecule has 6 heteroatoms. The van der Waals surface area contributed by atoms with Gasteiger partial charge in [0.1, 0.15) is 5.82 Å². The predicted octanol–water partition coefficient (Wildman–Crippen LogP) is 3.13. The molecule has 19 heavy (non-hydrogen) atoms. The Morgan fingerprint density at radius 1 is 1.32 bits per heavy atom. The zero-order valence-corrected chi connectivity index (χ0v) is 10.7. The highest BCUT2D eigenvalue weighted by Gasteiger charge is 2.10. The summed E-state index contributed by atoms with van der Waals surface area (Å²) >= 11 is 0. The van der Waals surface area contributed by atoms with Gasteiger partial charge in [0, 0.05) is 12.5 Å². The molecule has 2 rings (SSSR count). The fourth-order valence-corrected chi connectivity index (χ4v) is 1.53. The number of hydrogen-bond acceptors (Lipinski definition) is 4. The molecule has 0 fully saturated rings. The Balaban J connectivity index is 1.96. The summed E-state index contributed by atoms with van der Waals surface area (Å²) in [4.78, 5) is 4.11. The average Bonchev–Trinajstić information content (AvgIpc) is 2.74. The molecular weight excluding hydrogens is 254 g/mol. The number of halogens is 2. The van der Waals surface area contributed by atoms with Crippen LogP contribution in [-0.2, 0) is 13.0 Å². The van der Waals surface area contributed by atoms with E-state index in [-0.39, 0.29) is 18.2 Å². The lowest BCUT2D eigenvalue weighted by Crippen LogP contribution is -1.99. The van der Waals surface area contributed by atoms with E-state index < -0.39 is 11.6 Å². The van der Waals surface area contributed by atoms with Gasteiger partial charge in [-0.3, -0.25) is 0 Å². The largest absolute Gasteiger partial charge is 0.481 e. The number of rotatable bonds is 5. The van der Waals surface area contributed by atoms with Gasteiger partial charge < -0.3 is 9.26 Å². The van der Waals surface area contributed by atoms with E-state index in [4.69, 9.17) is 9.26 Å². The van der Waals surface area contributed by atoms with Gasteiger partial charge in [-0.15, -0.1) is 0 Å². The van der Waals surface area contributed by atoms with Crippen molar-refractivity contribution < 1.29 is 18.0 Å². The van der Waals surface area contributed by atoms with Crippen LogP contribution >= 0.6 is 0 Å². The van der Waals surface area contributed by atoms with Crippen molar-refractivity contribution in [3.63, 3.8) is 0 Å². The van der Waals surface area contributed by atoms with E-state index in [0.29, 0.717) is 18.2 Å². The van der Waals surface area contributed by atoms with E-state index in [2.05, 4.69) is 10.1 Å². The molecular formula is C13H14F2N2O2. The summed E-state index contributed by atoms with van der Waals surface area (Å²) < 4.78 is 36.1. The SMILES string of the molecule is CC(C)Cc1noc(COc2ccc(F)cc2F)n1. The Bertz CT molecular complexity index is 555. The van der Waals surface area contributed by atoms with Gasteiger partial charge in [0.25, 0.3) is 5.89 Å². The third-order valence-corrected chi connectivity index (χ3v) is 2.35. The minimum Gasteiger partial charge on any atom is -0.481 e. The average molecular weight is 268 g/mol. The van der Waals surface area contributed by atoms with E-state index >= 15 is 0 Å². The maximum Gasteiger partial charge on any atom is 0.264 e. The van der Waals surface area contributed by atoms with Gasteiger partial charge in [-0.05, 0) is 18.1 Å². The van der Waals surface area contributed by atoms with Crippen LogP contribution in [0.5, 0.6) is 5.75 Å². The third-order valence-electron chi connectivity index (χ3n) is 2.35. The molecule has 0 N–H and O–H groups in total. The van der Waals surface area contributed by atoms with Gasteiger partial charge in [0.15, 0.2) is 24.0 Å². The molecule has 0 amide bonds. The van der Waals surface area contributed by atoms with Gasteiger partial charge in [0.2, 0.25) is 0 Å². The third kappa shape index (κ3) is 3.74. The zero-order chi connectivity index (χ0) is 13.8. The summed E-state index contributed by atoms with van der Waals surface area (Å²) in [6, 6.07) is 3.10. The molecule has 0 saturated heterocycles. The first kappa shape index (κ1) is 13.5. The lowest BCUT2D eigenvalue weighted by molar-refractivity contribution is 0.233. The van der Waals surface area contributed by atoms with Crippen molar-refractivity contribution >= 4 is 0 Å². The molecule has 0 aliphatic rings. The summed E-state index contributed by atoms with van der Waals surface area (Å²) in [7, 11) is 0. The van der Waals surface area contributed by atoms with Crippen LogP contribution < -0.4 is 4.74 Å². The number of nitrogens with zero attached hydrogens (tertiary/aromatic N) is 2. The topological polar surface area (TPSA) is 48.2 Å². The summed E-state index contributed by atoms with van der Waals surface area (Å²) in [5, 5.41) is 3.79. The first-order valence-electron chi connectivity index (χ1n) is 5.94. The Morgan fingerprint density at radius 2 is 2.11 bits per heavy atom. The molecule has 4 nitrogen and oxygen atoms in total. The van der Waals surface area contributed by atoms with Crippen LogP contribution in [0.2, 0.25) is 0 Å². The molecule has 2 aromatic rings. The molecule has 0 spiro atoms. The maximum absolute atomic E-state index is 13.3. The maximum atomic E-state index is 13.3. The van der Waals surface area contributed by atoms with E-state index in [1.807, 2.05) is 13.8 Å². The molecule has 102 valence electrons. The molecule has 0 radical (unpaired) electrons. The van der Waals surface area contributed by atoms with E-state index in [1.165, 1.54) is 6.07 Å². The second-order valence-electron chi connectivity index (χ2n) is 4.57. The molecule has 1 aromatic heterocycles. The highest BCUT2D eigenvalue weighted by Crippen LogP contribution is 2.18. The van der Waals surface area contributed by atoms with Crippen LogP contribution in [0.1, 0.15) is 25.6 Å². The number of aromatic nitrogens is 2. The molecule has 0 atom stereocenters. The molecule has 0 aliphatic carbocycles. The normalized spacial score (nSPS) is 11.0. The van der Waals surface area contributed by atoms with Crippen LogP contribution in [0, 0.1) is 17.6 Å². The van der Waals surface area contributed by atoms with Crippen LogP contribution in [0.25, 0.3) is 0 Å². The van der Waals surface area contributed by atoms with Gasteiger partial charge in [-0.2, -0.15) is 4.98 Å². The van der Waals surface area contributed by atoms with Crippen LogP contribution in [0.3, 0.4) is 0 Å². The lowest BCUT2D eigenvalue weighted by atomic mass is 10.1. The van der Waals surface area contributed by atoms with Crippen molar-refractivity contribution in [3.05, 3.63) is 41.5 Å². The van der Waals surface area contributed by atoms with Crippen molar-refractivity contribution in [2.24, 2.45) is 5.92 Å². The van der Waals surface area contributed by atoms with Gasteiger partial charge in [-0.1, -0.05) is 19.0 Å². The van der Waals surface area contributed by atoms with E-state index in [1.54, 1.807) is 0 Å². The standard InChI is InChI=1S/C13H14F2N2O2/c1-8(2)5-12-16-13(19-17-12)7-18-11-4-3-9(14)6-10(11)15/h3-4,6,8H,5,7H2,1-2H3. The van der Waals surface area contributed by atoms with Gasteiger partial charge in [0.05, 0.1) is 0 Å². The molecule has 0 aliphatic heterocycles. The molecule has 1 heterocycles. The highest BCUT2D eigenvalue weighted by molar-refractivity contribution is 5.24. The second-order valence-corrected chi connectivity index (χ2v) is 4.57. The van der Waals surface area contributed by atoms with Crippen LogP contribution in [0.4, 0.5) is 8.78 Å². The van der Waals surface area contributed by atoms with E-state index in [9.17, 15) is 8.78 Å². The number of ether oxygens (including phenoxy) is 1. The summed E-state index contributed by atoms with van der Waals surface area (Å²) in [6.45, 7) is 4.04. The summed E-state index contributed by atoms with van der Waals surface area (Å²) in [6.07, 6.45) is 0.703. The fourth-order valence-electron chi connectivity index (χ4n) is 1.53. The summed E-state index contributed by atoms with van der Waals surface area (Å²) in [5.74, 6) is -0.192. The first-order chi connectivity index (χ1) is 9.04. The van der Waals surface area contributed by atoms with Crippen molar-refractivity contribution in [1.29, 1.82) is 0 Å². The minimum atomic E-state index is -0.762. The molecule has 0 unspecified atom stereocenters. The highest BCUT2D eigenvalue weighted by atomic mass is 19.1. The second kappa shape index (κ2) is 5.77. The smallest absolute Gasteiger partial charge is 0.264 e. The van der Waals surface area contributed by atoms with Crippen molar-refractivity contribution in [2.75, 3.05) is 0 Å². The van der Waals surface area contributed by atoms with E-state index in [0.717, 1.165) is 12.1 Å². The quantitative estimate of drug-likeness (QED) is 0.836. The van der Waals surface area contributed by atoms with Crippen molar-refractivity contribution in [2.45, 2.75) is 26.9 Å². The lowest BCUT2D eigenvalue weighted by Gasteiger charge is -2.03. The Labute approximate surface area is 109 Å². The van der Waals surface area contributed by atoms with Crippen LogP contribution in [0.15, 0.2) is 22.7 Å². The van der Waals surface area contributed by atoms with Gasteiger partial charge in [-0.25, -0.2) is 8.78 Å². The predicted molar refractivity (Wildman–Crippen MR) is 63.5 cm³/mol. The van der Waals surface area contributed by atoms with Crippen LogP contribution in [-0.4, -0.2) is 10.1 Å². The van der Waals surface area contributed by atoms with Crippen molar-refractivity contribution in [3.8, 4) is 5.75 Å². The number of benzene rings is 1. The minimum absolute atomic E-state index is 0.0480. The Hall–Kier alpha value is -1.98. The van der Waals surface area contributed by atoms with Crippen molar-refractivity contribution in [1.82, 2.24) is 10.1 Å². The number of hydrogen-bond donors (Lipinski definition) is 0. The summed E-state index contributed by atoms with van der Waals surface area (Å²) in [5.41, 5.74) is 0. The monoisotopic (exact) mass is 268 g/mol.